The van der Waals surface area contributed by atoms with E-state index in [0.717, 1.165) is 19.6 Å². The maximum Gasteiger partial charge on any atom is 0.145 e. The van der Waals surface area contributed by atoms with Gasteiger partial charge in [-0.2, -0.15) is 5.26 Å². The van der Waals surface area contributed by atoms with Crippen LogP contribution in [0, 0.1) is 23.1 Å². The van der Waals surface area contributed by atoms with Gasteiger partial charge in [0.05, 0.1) is 5.56 Å². The summed E-state index contributed by atoms with van der Waals surface area (Å²) < 4.78 is 14.0. The van der Waals surface area contributed by atoms with Crippen LogP contribution < -0.4 is 5.32 Å². The summed E-state index contributed by atoms with van der Waals surface area (Å²) in [6, 6.07) is 7.55. The molecule has 0 unspecified atom stereocenters. The molecule has 0 spiro atoms. The Balaban J connectivity index is 1.71. The molecule has 2 fully saturated rings. The van der Waals surface area contributed by atoms with Gasteiger partial charge in [-0.15, -0.1) is 0 Å². The molecule has 2 aliphatic rings. The predicted molar refractivity (Wildman–Crippen MR) is 70.9 cm³/mol. The molecule has 19 heavy (non-hydrogen) atoms. The molecular formula is C15H18FN3. The van der Waals surface area contributed by atoms with Gasteiger partial charge in [0.25, 0.3) is 0 Å². The Morgan fingerprint density at radius 2 is 2.32 bits per heavy atom. The van der Waals surface area contributed by atoms with Crippen LogP contribution in [0.5, 0.6) is 0 Å². The van der Waals surface area contributed by atoms with Gasteiger partial charge in [0.2, 0.25) is 0 Å². The number of nitrogens with one attached hydrogen (secondary N) is 1. The van der Waals surface area contributed by atoms with Crippen molar-refractivity contribution in [1.82, 2.24) is 10.2 Å². The average molecular weight is 259 g/mol. The van der Waals surface area contributed by atoms with Crippen molar-refractivity contribution >= 4 is 0 Å². The minimum Gasteiger partial charge on any atom is -0.312 e. The molecule has 1 aromatic rings. The van der Waals surface area contributed by atoms with E-state index in [1.54, 1.807) is 12.1 Å². The Labute approximate surface area is 113 Å². The second kappa shape index (κ2) is 5.28. The number of piperidine rings is 1. The SMILES string of the molecule is N#Cc1cccc(CN2C[C@@H]3CCCN[C@@H]3C2)c1F. The second-order valence-electron chi connectivity index (χ2n) is 5.55. The van der Waals surface area contributed by atoms with E-state index in [1.165, 1.54) is 18.9 Å². The Bertz CT molecular complexity index is 495. The Hall–Kier alpha value is -1.44. The minimum atomic E-state index is -0.354. The van der Waals surface area contributed by atoms with Gasteiger partial charge in [0.15, 0.2) is 0 Å². The van der Waals surface area contributed by atoms with E-state index in [4.69, 9.17) is 5.26 Å². The largest absolute Gasteiger partial charge is 0.312 e. The molecule has 1 N–H and O–H groups in total. The molecule has 2 atom stereocenters. The van der Waals surface area contributed by atoms with Crippen LogP contribution in [0.25, 0.3) is 0 Å². The van der Waals surface area contributed by atoms with Gasteiger partial charge in [0, 0.05) is 31.2 Å². The van der Waals surface area contributed by atoms with Crippen LogP contribution in [0.1, 0.15) is 24.0 Å². The number of hydrogen-bond acceptors (Lipinski definition) is 3. The standard InChI is InChI=1S/C15H18FN3/c16-15-11(7-17)3-1-4-13(15)9-19-8-12-5-2-6-18-14(12)10-19/h1,3-4,12,14,18H,2,5-6,8-10H2/t12-,14+/m0/s1. The van der Waals surface area contributed by atoms with Crippen LogP contribution in [0.2, 0.25) is 0 Å². The van der Waals surface area contributed by atoms with Crippen molar-refractivity contribution in [1.29, 1.82) is 5.26 Å². The Morgan fingerprint density at radius 3 is 3.11 bits per heavy atom. The van der Waals surface area contributed by atoms with Gasteiger partial charge in [-0.25, -0.2) is 4.39 Å². The summed E-state index contributed by atoms with van der Waals surface area (Å²) in [5.41, 5.74) is 0.782. The first-order valence-corrected chi connectivity index (χ1v) is 6.91. The maximum atomic E-state index is 14.0. The van der Waals surface area contributed by atoms with Gasteiger partial charge in [-0.05, 0) is 31.4 Å². The Morgan fingerprint density at radius 1 is 1.42 bits per heavy atom. The average Bonchev–Trinajstić information content (AvgIpc) is 2.83. The van der Waals surface area contributed by atoms with E-state index >= 15 is 0 Å². The summed E-state index contributed by atoms with van der Waals surface area (Å²) in [6.07, 6.45) is 2.52. The first-order chi connectivity index (χ1) is 9.28. The van der Waals surface area contributed by atoms with E-state index < -0.39 is 0 Å². The van der Waals surface area contributed by atoms with Crippen molar-refractivity contribution in [3.8, 4) is 6.07 Å². The zero-order valence-electron chi connectivity index (χ0n) is 10.9. The van der Waals surface area contributed by atoms with Crippen molar-refractivity contribution in [2.75, 3.05) is 19.6 Å². The van der Waals surface area contributed by atoms with Crippen LogP contribution in [-0.2, 0) is 6.54 Å². The van der Waals surface area contributed by atoms with E-state index in [0.29, 0.717) is 24.1 Å². The highest BCUT2D eigenvalue weighted by atomic mass is 19.1. The second-order valence-corrected chi connectivity index (χ2v) is 5.55. The first kappa shape index (κ1) is 12.6. The summed E-state index contributed by atoms with van der Waals surface area (Å²) in [6.45, 7) is 3.73. The molecule has 2 heterocycles. The molecule has 0 aliphatic carbocycles. The molecular weight excluding hydrogens is 241 g/mol. The molecule has 0 aromatic heterocycles. The summed E-state index contributed by atoms with van der Waals surface area (Å²) in [7, 11) is 0. The number of nitrogens with zero attached hydrogens (tertiary/aromatic N) is 2. The molecule has 0 amide bonds. The van der Waals surface area contributed by atoms with Crippen molar-refractivity contribution in [2.45, 2.75) is 25.4 Å². The number of hydrogen-bond donors (Lipinski definition) is 1. The number of fused-ring (bicyclic) bond motifs is 1. The number of halogens is 1. The quantitative estimate of drug-likeness (QED) is 0.881. The van der Waals surface area contributed by atoms with Gasteiger partial charge < -0.3 is 5.32 Å². The predicted octanol–water partition coefficient (Wildman–Crippen LogP) is 1.88. The molecule has 3 rings (SSSR count). The molecule has 4 heteroatoms. The third-order valence-corrected chi connectivity index (χ3v) is 4.27. The lowest BCUT2D eigenvalue weighted by molar-refractivity contribution is 0.308. The molecule has 2 aliphatic heterocycles. The molecule has 3 nitrogen and oxygen atoms in total. The number of likely N-dealkylation sites (tertiary alicyclic amines) is 1. The summed E-state index contributed by atoms with van der Waals surface area (Å²) >= 11 is 0. The number of benzene rings is 1. The lowest BCUT2D eigenvalue weighted by atomic mass is 9.94. The molecule has 0 bridgehead atoms. The van der Waals surface area contributed by atoms with Crippen LogP contribution >= 0.6 is 0 Å². The first-order valence-electron chi connectivity index (χ1n) is 6.91. The lowest BCUT2D eigenvalue weighted by Gasteiger charge is -2.24. The van der Waals surface area contributed by atoms with Crippen LogP contribution in [0.3, 0.4) is 0 Å². The highest BCUT2D eigenvalue weighted by Gasteiger charge is 2.34. The zero-order valence-corrected chi connectivity index (χ0v) is 10.9. The van der Waals surface area contributed by atoms with Gasteiger partial charge >= 0.3 is 0 Å². The van der Waals surface area contributed by atoms with E-state index in [9.17, 15) is 4.39 Å². The summed E-state index contributed by atoms with van der Waals surface area (Å²) in [5.74, 6) is 0.351. The highest BCUT2D eigenvalue weighted by Crippen LogP contribution is 2.26. The van der Waals surface area contributed by atoms with E-state index in [-0.39, 0.29) is 11.4 Å². The minimum absolute atomic E-state index is 0.146. The highest BCUT2D eigenvalue weighted by molar-refractivity contribution is 5.35. The number of nitriles is 1. The lowest BCUT2D eigenvalue weighted by Crippen LogP contribution is -2.40. The molecule has 100 valence electrons. The van der Waals surface area contributed by atoms with Crippen molar-refractivity contribution in [3.63, 3.8) is 0 Å². The van der Waals surface area contributed by atoms with E-state index in [1.807, 2.05) is 6.07 Å². The molecule has 0 radical (unpaired) electrons. The van der Waals surface area contributed by atoms with Crippen molar-refractivity contribution in [3.05, 3.63) is 35.1 Å². The monoisotopic (exact) mass is 259 g/mol. The number of rotatable bonds is 2. The normalized spacial score (nSPS) is 26.9. The molecule has 1 aromatic carbocycles. The van der Waals surface area contributed by atoms with Crippen LogP contribution in [-0.4, -0.2) is 30.6 Å². The third kappa shape index (κ3) is 2.49. The van der Waals surface area contributed by atoms with E-state index in [2.05, 4.69) is 10.2 Å². The smallest absolute Gasteiger partial charge is 0.145 e. The third-order valence-electron chi connectivity index (χ3n) is 4.27. The van der Waals surface area contributed by atoms with Crippen molar-refractivity contribution < 1.29 is 4.39 Å². The zero-order chi connectivity index (χ0) is 13.2. The van der Waals surface area contributed by atoms with Gasteiger partial charge in [-0.3, -0.25) is 4.90 Å². The maximum absolute atomic E-state index is 14.0. The molecule has 2 saturated heterocycles. The van der Waals surface area contributed by atoms with Gasteiger partial charge in [-0.1, -0.05) is 12.1 Å². The topological polar surface area (TPSA) is 39.1 Å². The van der Waals surface area contributed by atoms with Crippen LogP contribution in [0.4, 0.5) is 4.39 Å². The Kier molecular flexibility index (Phi) is 3.50. The van der Waals surface area contributed by atoms with Crippen molar-refractivity contribution in [2.24, 2.45) is 5.92 Å². The van der Waals surface area contributed by atoms with Gasteiger partial charge in [0.1, 0.15) is 11.9 Å². The fourth-order valence-electron chi connectivity index (χ4n) is 3.29. The fraction of sp³-hybridized carbons (Fsp3) is 0.533. The fourth-order valence-corrected chi connectivity index (χ4v) is 3.29. The molecule has 0 saturated carbocycles. The summed E-state index contributed by atoms with van der Waals surface area (Å²) in [5, 5.41) is 12.4. The van der Waals surface area contributed by atoms with Crippen LogP contribution in [0.15, 0.2) is 18.2 Å². The summed E-state index contributed by atoms with van der Waals surface area (Å²) in [4.78, 5) is 2.30.